The van der Waals surface area contributed by atoms with Crippen molar-refractivity contribution in [2.75, 3.05) is 0 Å². The molecule has 0 aliphatic carbocycles. The van der Waals surface area contributed by atoms with Crippen molar-refractivity contribution < 1.29 is 9.90 Å². The number of H-pyrrole nitrogens is 1. The van der Waals surface area contributed by atoms with Crippen molar-refractivity contribution in [1.29, 1.82) is 0 Å². The second kappa shape index (κ2) is 5.39. The molecular formula is C14H14N2O3. The SMILES string of the molecule is CC(NC(=O)c1cccc(=O)[nH]1)c1cccc(O)c1. The number of nitrogens with one attached hydrogen (secondary N) is 2. The van der Waals surface area contributed by atoms with Crippen molar-refractivity contribution in [1.82, 2.24) is 10.3 Å². The molecule has 0 aliphatic heterocycles. The predicted molar refractivity (Wildman–Crippen MR) is 71.1 cm³/mol. The van der Waals surface area contributed by atoms with Gasteiger partial charge in [-0.15, -0.1) is 0 Å². The van der Waals surface area contributed by atoms with Gasteiger partial charge in [0.25, 0.3) is 5.91 Å². The summed E-state index contributed by atoms with van der Waals surface area (Å²) in [7, 11) is 0. The van der Waals surface area contributed by atoms with E-state index in [0.29, 0.717) is 0 Å². The molecule has 19 heavy (non-hydrogen) atoms. The summed E-state index contributed by atoms with van der Waals surface area (Å²) >= 11 is 0. The first-order chi connectivity index (χ1) is 9.06. The molecule has 0 bridgehead atoms. The number of amides is 1. The van der Waals surface area contributed by atoms with Crippen LogP contribution in [-0.4, -0.2) is 16.0 Å². The number of phenolic OH excluding ortho intramolecular Hbond substituents is 1. The maximum Gasteiger partial charge on any atom is 0.268 e. The van der Waals surface area contributed by atoms with Crippen LogP contribution in [0.25, 0.3) is 0 Å². The zero-order valence-electron chi connectivity index (χ0n) is 10.4. The summed E-state index contributed by atoms with van der Waals surface area (Å²) in [5.74, 6) is -0.222. The van der Waals surface area contributed by atoms with Gasteiger partial charge in [-0.25, -0.2) is 0 Å². The number of aromatic hydroxyl groups is 1. The highest BCUT2D eigenvalue weighted by Crippen LogP contribution is 2.17. The van der Waals surface area contributed by atoms with Gasteiger partial charge in [0.05, 0.1) is 6.04 Å². The van der Waals surface area contributed by atoms with E-state index in [1.807, 2.05) is 0 Å². The molecule has 0 aliphatic rings. The second-order valence-electron chi connectivity index (χ2n) is 4.22. The average Bonchev–Trinajstić information content (AvgIpc) is 2.38. The van der Waals surface area contributed by atoms with E-state index >= 15 is 0 Å². The summed E-state index contributed by atoms with van der Waals surface area (Å²) in [6.45, 7) is 1.80. The fraction of sp³-hybridized carbons (Fsp3) is 0.143. The number of hydrogen-bond donors (Lipinski definition) is 3. The van der Waals surface area contributed by atoms with Crippen LogP contribution in [0.15, 0.2) is 47.3 Å². The topological polar surface area (TPSA) is 82.2 Å². The van der Waals surface area contributed by atoms with Crippen LogP contribution in [0.1, 0.15) is 29.0 Å². The van der Waals surface area contributed by atoms with Crippen LogP contribution in [0.2, 0.25) is 0 Å². The maximum atomic E-state index is 11.9. The fourth-order valence-corrected chi connectivity index (χ4v) is 1.73. The maximum absolute atomic E-state index is 11.9. The van der Waals surface area contributed by atoms with Crippen molar-refractivity contribution in [3.63, 3.8) is 0 Å². The Balaban J connectivity index is 2.13. The molecule has 0 radical (unpaired) electrons. The lowest BCUT2D eigenvalue weighted by Gasteiger charge is -2.14. The molecule has 1 heterocycles. The fourth-order valence-electron chi connectivity index (χ4n) is 1.73. The lowest BCUT2D eigenvalue weighted by atomic mass is 10.1. The molecular weight excluding hydrogens is 244 g/mol. The van der Waals surface area contributed by atoms with Crippen LogP contribution < -0.4 is 10.9 Å². The summed E-state index contributed by atoms with van der Waals surface area (Å²) in [5, 5.41) is 12.1. The number of hydrogen-bond acceptors (Lipinski definition) is 3. The molecule has 1 amide bonds. The Morgan fingerprint density at radius 1 is 1.26 bits per heavy atom. The molecule has 2 rings (SSSR count). The van der Waals surface area contributed by atoms with Gasteiger partial charge in [-0.05, 0) is 30.7 Å². The number of carbonyl (C=O) groups is 1. The lowest BCUT2D eigenvalue weighted by molar-refractivity contribution is 0.0934. The Morgan fingerprint density at radius 3 is 2.68 bits per heavy atom. The first-order valence-electron chi connectivity index (χ1n) is 5.85. The van der Waals surface area contributed by atoms with Crippen molar-refractivity contribution in [2.24, 2.45) is 0 Å². The van der Waals surface area contributed by atoms with Crippen molar-refractivity contribution >= 4 is 5.91 Å². The molecule has 0 saturated heterocycles. The first-order valence-corrected chi connectivity index (χ1v) is 5.85. The molecule has 3 N–H and O–H groups in total. The number of aromatic amines is 1. The normalized spacial score (nSPS) is 11.8. The molecule has 0 spiro atoms. The van der Waals surface area contributed by atoms with Crippen LogP contribution in [0.3, 0.4) is 0 Å². The molecule has 5 nitrogen and oxygen atoms in total. The minimum Gasteiger partial charge on any atom is -0.508 e. The minimum atomic E-state index is -0.367. The minimum absolute atomic E-state index is 0.145. The molecule has 1 atom stereocenters. The van der Waals surface area contributed by atoms with Gasteiger partial charge in [0.2, 0.25) is 5.56 Å². The van der Waals surface area contributed by atoms with Gasteiger partial charge in [0.1, 0.15) is 11.4 Å². The zero-order valence-corrected chi connectivity index (χ0v) is 10.4. The Morgan fingerprint density at radius 2 is 2.00 bits per heavy atom. The van der Waals surface area contributed by atoms with Gasteiger partial charge < -0.3 is 15.4 Å². The summed E-state index contributed by atoms with van der Waals surface area (Å²) in [6.07, 6.45) is 0. The van der Waals surface area contributed by atoms with Crippen molar-refractivity contribution in [2.45, 2.75) is 13.0 Å². The summed E-state index contributed by atoms with van der Waals surface area (Å²) in [4.78, 5) is 25.5. The molecule has 1 unspecified atom stereocenters. The van der Waals surface area contributed by atoms with Crippen LogP contribution in [-0.2, 0) is 0 Å². The molecule has 5 heteroatoms. The standard InChI is InChI=1S/C14H14N2O3/c1-9(10-4-2-5-11(17)8-10)15-14(19)12-6-3-7-13(18)16-12/h2-9,17H,1H3,(H,15,19)(H,16,18). The summed E-state index contributed by atoms with van der Waals surface area (Å²) in [6, 6.07) is 10.8. The summed E-state index contributed by atoms with van der Waals surface area (Å²) in [5.41, 5.74) is 0.670. The van der Waals surface area contributed by atoms with Crippen molar-refractivity contribution in [3.05, 3.63) is 64.1 Å². The van der Waals surface area contributed by atoms with E-state index in [4.69, 9.17) is 0 Å². The largest absolute Gasteiger partial charge is 0.508 e. The average molecular weight is 258 g/mol. The van der Waals surface area contributed by atoms with E-state index in [-0.39, 0.29) is 29.0 Å². The first kappa shape index (κ1) is 12.9. The monoisotopic (exact) mass is 258 g/mol. The molecule has 2 aromatic rings. The number of rotatable bonds is 3. The highest BCUT2D eigenvalue weighted by atomic mass is 16.3. The van der Waals surface area contributed by atoms with E-state index in [9.17, 15) is 14.7 Å². The highest BCUT2D eigenvalue weighted by Gasteiger charge is 2.12. The van der Waals surface area contributed by atoms with E-state index in [1.54, 1.807) is 31.2 Å². The van der Waals surface area contributed by atoms with Crippen LogP contribution in [0.5, 0.6) is 5.75 Å². The number of carbonyl (C=O) groups excluding carboxylic acids is 1. The smallest absolute Gasteiger partial charge is 0.268 e. The Bertz CT molecular complexity index is 649. The van der Waals surface area contributed by atoms with E-state index in [1.165, 1.54) is 18.2 Å². The van der Waals surface area contributed by atoms with E-state index in [2.05, 4.69) is 10.3 Å². The lowest BCUT2D eigenvalue weighted by Crippen LogP contribution is -2.28. The third kappa shape index (κ3) is 3.22. The predicted octanol–water partition coefficient (Wildman–Crippen LogP) is 1.57. The highest BCUT2D eigenvalue weighted by molar-refractivity contribution is 5.92. The second-order valence-corrected chi connectivity index (χ2v) is 4.22. The third-order valence-corrected chi connectivity index (χ3v) is 2.73. The van der Waals surface area contributed by atoms with Crippen LogP contribution >= 0.6 is 0 Å². The Kier molecular flexibility index (Phi) is 3.66. The van der Waals surface area contributed by atoms with E-state index < -0.39 is 0 Å². The van der Waals surface area contributed by atoms with Gasteiger partial charge in [-0.2, -0.15) is 0 Å². The molecule has 1 aromatic heterocycles. The number of phenols is 1. The van der Waals surface area contributed by atoms with Gasteiger partial charge in [0, 0.05) is 6.07 Å². The molecule has 0 fully saturated rings. The Hall–Kier alpha value is -2.56. The van der Waals surface area contributed by atoms with Gasteiger partial charge in [-0.1, -0.05) is 18.2 Å². The Labute approximate surface area is 109 Å². The van der Waals surface area contributed by atoms with E-state index in [0.717, 1.165) is 5.56 Å². The van der Waals surface area contributed by atoms with Crippen LogP contribution in [0.4, 0.5) is 0 Å². The van der Waals surface area contributed by atoms with Gasteiger partial charge in [-0.3, -0.25) is 9.59 Å². The quantitative estimate of drug-likeness (QED) is 0.781. The van der Waals surface area contributed by atoms with Crippen molar-refractivity contribution in [3.8, 4) is 5.75 Å². The zero-order chi connectivity index (χ0) is 13.8. The number of aromatic nitrogens is 1. The van der Waals surface area contributed by atoms with Crippen LogP contribution in [0, 0.1) is 0 Å². The molecule has 98 valence electrons. The molecule has 0 saturated carbocycles. The third-order valence-electron chi connectivity index (χ3n) is 2.73. The van der Waals surface area contributed by atoms with Gasteiger partial charge in [0.15, 0.2) is 0 Å². The number of pyridine rings is 1. The number of benzene rings is 1. The summed E-state index contributed by atoms with van der Waals surface area (Å²) < 4.78 is 0. The van der Waals surface area contributed by atoms with Gasteiger partial charge >= 0.3 is 0 Å². The molecule has 1 aromatic carbocycles.